The fourth-order valence-electron chi connectivity index (χ4n) is 3.65. The zero-order valence-corrected chi connectivity index (χ0v) is 15.3. The van der Waals surface area contributed by atoms with Gasteiger partial charge in [-0.25, -0.2) is 14.6 Å². The van der Waals surface area contributed by atoms with Crippen molar-refractivity contribution in [3.8, 4) is 11.3 Å². The topological polar surface area (TPSA) is 89.9 Å². The lowest BCUT2D eigenvalue weighted by Crippen LogP contribution is -2.40. The molecule has 7 heteroatoms. The Labute approximate surface area is 157 Å². The Morgan fingerprint density at radius 2 is 2.07 bits per heavy atom. The third-order valence-electron chi connectivity index (χ3n) is 5.07. The van der Waals surface area contributed by atoms with Crippen molar-refractivity contribution < 1.29 is 4.79 Å². The summed E-state index contributed by atoms with van der Waals surface area (Å²) in [5.41, 5.74) is 9.81. The molecule has 1 atom stereocenters. The highest BCUT2D eigenvalue weighted by molar-refractivity contribution is 5.98. The molecule has 0 bridgehead atoms. The van der Waals surface area contributed by atoms with E-state index in [1.807, 2.05) is 40.8 Å². The molecule has 0 saturated carbocycles. The fourth-order valence-corrected chi connectivity index (χ4v) is 3.65. The van der Waals surface area contributed by atoms with Crippen LogP contribution in [0, 0.1) is 6.92 Å². The number of hydrogen-bond donors (Lipinski definition) is 1. The van der Waals surface area contributed by atoms with Crippen LogP contribution < -0.4 is 5.73 Å². The lowest BCUT2D eigenvalue weighted by atomic mass is 10.1. The van der Waals surface area contributed by atoms with E-state index in [0.29, 0.717) is 18.0 Å². The van der Waals surface area contributed by atoms with Gasteiger partial charge in [0.15, 0.2) is 5.65 Å². The molecule has 7 nitrogen and oxygen atoms in total. The predicted octanol–water partition coefficient (Wildman–Crippen LogP) is 2.73. The van der Waals surface area contributed by atoms with Gasteiger partial charge < -0.3 is 10.6 Å². The largest absolute Gasteiger partial charge is 0.383 e. The number of benzene rings is 1. The van der Waals surface area contributed by atoms with Crippen LogP contribution >= 0.6 is 0 Å². The summed E-state index contributed by atoms with van der Waals surface area (Å²) in [5, 5.41) is 5.62. The molecule has 1 aliphatic heterocycles. The Morgan fingerprint density at radius 3 is 2.81 bits per heavy atom. The number of anilines is 1. The average Bonchev–Trinajstić information content (AvgIpc) is 3.09. The summed E-state index contributed by atoms with van der Waals surface area (Å²) >= 11 is 0. The summed E-state index contributed by atoms with van der Waals surface area (Å²) < 4.78 is 1.91. The van der Waals surface area contributed by atoms with Gasteiger partial charge in [0.1, 0.15) is 17.8 Å². The van der Waals surface area contributed by atoms with Gasteiger partial charge in [-0.1, -0.05) is 36.4 Å². The van der Waals surface area contributed by atoms with Crippen molar-refractivity contribution in [2.24, 2.45) is 0 Å². The molecule has 4 rings (SSSR count). The number of rotatable bonds is 3. The lowest BCUT2D eigenvalue weighted by Gasteiger charge is -2.32. The van der Waals surface area contributed by atoms with Crippen LogP contribution in [0.2, 0.25) is 0 Å². The molecular weight excluding hydrogens is 340 g/mol. The quantitative estimate of drug-likeness (QED) is 0.724. The van der Waals surface area contributed by atoms with Crippen molar-refractivity contribution in [3.63, 3.8) is 0 Å². The number of carbonyl (C=O) groups is 1. The maximum atomic E-state index is 12.1. The van der Waals surface area contributed by atoms with E-state index in [2.05, 4.69) is 16.5 Å². The number of likely N-dealkylation sites (tertiary alicyclic amines) is 1. The Bertz CT molecular complexity index is 1010. The summed E-state index contributed by atoms with van der Waals surface area (Å²) in [6.45, 7) is 6.96. The Hall–Kier alpha value is -3.22. The standard InChI is InChI=1S/C20H22N6O/c1-3-16(27)25-10-4-5-15(11-25)26-20-17(19(21)22-12-23-20)18(24-26)14-8-6-13(2)7-9-14/h3,6-9,12,15H,1,4-5,10-11H2,2H3,(H2,21,22,23)/t15-/m1/s1. The van der Waals surface area contributed by atoms with E-state index >= 15 is 0 Å². The monoisotopic (exact) mass is 362 g/mol. The molecule has 3 heterocycles. The molecule has 0 spiro atoms. The van der Waals surface area contributed by atoms with Crippen molar-refractivity contribution in [1.82, 2.24) is 24.6 Å². The minimum absolute atomic E-state index is 0.0404. The number of carbonyl (C=O) groups excluding carboxylic acids is 1. The highest BCUT2D eigenvalue weighted by Crippen LogP contribution is 2.33. The first-order valence-corrected chi connectivity index (χ1v) is 9.05. The van der Waals surface area contributed by atoms with Crippen LogP contribution in [-0.2, 0) is 4.79 Å². The third kappa shape index (κ3) is 3.05. The van der Waals surface area contributed by atoms with Gasteiger partial charge in [0, 0.05) is 18.7 Å². The molecule has 0 radical (unpaired) electrons. The van der Waals surface area contributed by atoms with Gasteiger partial charge >= 0.3 is 0 Å². The van der Waals surface area contributed by atoms with Gasteiger partial charge in [0.05, 0.1) is 11.4 Å². The maximum Gasteiger partial charge on any atom is 0.246 e. The van der Waals surface area contributed by atoms with Crippen LogP contribution in [0.5, 0.6) is 0 Å². The van der Waals surface area contributed by atoms with Crippen molar-refractivity contribution in [2.75, 3.05) is 18.8 Å². The summed E-state index contributed by atoms with van der Waals surface area (Å²) in [4.78, 5) is 22.5. The fraction of sp³-hybridized carbons (Fsp3) is 0.300. The molecule has 0 unspecified atom stereocenters. The Morgan fingerprint density at radius 1 is 1.30 bits per heavy atom. The van der Waals surface area contributed by atoms with Gasteiger partial charge in [0.25, 0.3) is 0 Å². The Balaban J connectivity index is 1.82. The van der Waals surface area contributed by atoms with Crippen LogP contribution in [0.25, 0.3) is 22.3 Å². The second-order valence-corrected chi connectivity index (χ2v) is 6.90. The summed E-state index contributed by atoms with van der Waals surface area (Å²) in [7, 11) is 0. The Kier molecular flexibility index (Phi) is 4.35. The number of piperidine rings is 1. The normalized spacial score (nSPS) is 17.2. The second kappa shape index (κ2) is 6.83. The van der Waals surface area contributed by atoms with E-state index in [1.54, 1.807) is 0 Å². The molecule has 27 heavy (non-hydrogen) atoms. The molecule has 0 aliphatic carbocycles. The van der Waals surface area contributed by atoms with Crippen LogP contribution in [0.1, 0.15) is 24.4 Å². The number of nitrogens with two attached hydrogens (primary N) is 1. The van der Waals surface area contributed by atoms with Gasteiger partial charge in [-0.2, -0.15) is 5.10 Å². The molecule has 138 valence electrons. The molecule has 1 aliphatic rings. The molecule has 2 aromatic heterocycles. The van der Waals surface area contributed by atoms with Crippen molar-refractivity contribution in [3.05, 3.63) is 48.8 Å². The average molecular weight is 362 g/mol. The molecule has 2 N–H and O–H groups in total. The highest BCUT2D eigenvalue weighted by Gasteiger charge is 2.27. The minimum atomic E-state index is -0.0518. The summed E-state index contributed by atoms with van der Waals surface area (Å²) in [5.74, 6) is 0.362. The third-order valence-corrected chi connectivity index (χ3v) is 5.07. The van der Waals surface area contributed by atoms with E-state index in [0.717, 1.165) is 36.0 Å². The van der Waals surface area contributed by atoms with Gasteiger partial charge in [-0.05, 0) is 25.8 Å². The highest BCUT2D eigenvalue weighted by atomic mass is 16.2. The predicted molar refractivity (Wildman–Crippen MR) is 105 cm³/mol. The minimum Gasteiger partial charge on any atom is -0.383 e. The smallest absolute Gasteiger partial charge is 0.246 e. The zero-order chi connectivity index (χ0) is 19.0. The first-order valence-electron chi connectivity index (χ1n) is 9.05. The van der Waals surface area contributed by atoms with Crippen molar-refractivity contribution in [2.45, 2.75) is 25.8 Å². The number of aromatic nitrogens is 4. The van der Waals surface area contributed by atoms with E-state index < -0.39 is 0 Å². The van der Waals surface area contributed by atoms with E-state index in [1.165, 1.54) is 18.0 Å². The van der Waals surface area contributed by atoms with Crippen molar-refractivity contribution in [1.29, 1.82) is 0 Å². The molecule has 1 fully saturated rings. The number of hydrogen-bond acceptors (Lipinski definition) is 5. The summed E-state index contributed by atoms with van der Waals surface area (Å²) in [6.07, 6.45) is 4.66. The van der Waals surface area contributed by atoms with E-state index in [4.69, 9.17) is 10.8 Å². The maximum absolute atomic E-state index is 12.1. The van der Waals surface area contributed by atoms with Gasteiger partial charge in [0.2, 0.25) is 5.91 Å². The molecule has 1 aromatic carbocycles. The van der Waals surface area contributed by atoms with E-state index in [-0.39, 0.29) is 11.9 Å². The van der Waals surface area contributed by atoms with Crippen LogP contribution in [0.15, 0.2) is 43.2 Å². The number of nitrogen functional groups attached to an aromatic ring is 1. The molecule has 1 amide bonds. The van der Waals surface area contributed by atoms with Crippen LogP contribution in [-0.4, -0.2) is 43.6 Å². The summed E-state index contributed by atoms with van der Waals surface area (Å²) in [6, 6.07) is 8.19. The van der Waals surface area contributed by atoms with Crippen molar-refractivity contribution >= 4 is 22.8 Å². The molecule has 3 aromatic rings. The first kappa shape index (κ1) is 17.2. The first-order chi connectivity index (χ1) is 13.1. The van der Waals surface area contributed by atoms with Crippen LogP contribution in [0.3, 0.4) is 0 Å². The number of nitrogens with zero attached hydrogens (tertiary/aromatic N) is 5. The second-order valence-electron chi connectivity index (χ2n) is 6.90. The zero-order valence-electron chi connectivity index (χ0n) is 15.3. The van der Waals surface area contributed by atoms with Gasteiger partial charge in [-0.15, -0.1) is 0 Å². The lowest BCUT2D eigenvalue weighted by molar-refractivity contribution is -0.127. The number of fused-ring (bicyclic) bond motifs is 1. The van der Waals surface area contributed by atoms with Gasteiger partial charge in [-0.3, -0.25) is 4.79 Å². The van der Waals surface area contributed by atoms with E-state index in [9.17, 15) is 4.79 Å². The van der Waals surface area contributed by atoms with Crippen LogP contribution in [0.4, 0.5) is 5.82 Å². The number of amides is 1. The molecule has 1 saturated heterocycles. The SMILES string of the molecule is C=CC(=O)N1CCC[C@@H](n2nc(-c3ccc(C)cc3)c3c(N)ncnc32)C1. The molecular formula is C20H22N6O. The number of aryl methyl sites for hydroxylation is 1.